The van der Waals surface area contributed by atoms with Gasteiger partial charge in [-0.15, -0.1) is 0 Å². The minimum Gasteiger partial charge on any atom is -0.299 e. The van der Waals surface area contributed by atoms with Gasteiger partial charge in [0.2, 0.25) is 0 Å². The fourth-order valence-electron chi connectivity index (χ4n) is 1.90. The summed E-state index contributed by atoms with van der Waals surface area (Å²) in [5.74, 6) is 1.05. The molecule has 0 aromatic rings. The molecule has 3 aliphatic heterocycles. The van der Waals surface area contributed by atoms with Crippen LogP contribution in [0, 0.1) is 12.5 Å². The normalized spacial score (nSPS) is 42.7. The molecule has 51 valence electrons. The summed E-state index contributed by atoms with van der Waals surface area (Å²) in [5.41, 5.74) is 0. The third-order valence-electron chi connectivity index (χ3n) is 2.58. The molecule has 0 amide bonds. The van der Waals surface area contributed by atoms with Crippen molar-refractivity contribution in [3.8, 4) is 0 Å². The van der Waals surface area contributed by atoms with Gasteiger partial charge in [-0.1, -0.05) is 0 Å². The van der Waals surface area contributed by atoms with E-state index in [9.17, 15) is 0 Å². The summed E-state index contributed by atoms with van der Waals surface area (Å²) in [6.45, 7) is 5.07. The second-order valence-corrected chi connectivity index (χ2v) is 3.25. The Hall–Kier alpha value is -0.0400. The zero-order valence-electron chi connectivity index (χ0n) is 5.84. The van der Waals surface area contributed by atoms with Crippen LogP contribution >= 0.6 is 0 Å². The first-order chi connectivity index (χ1) is 4.45. The quantitative estimate of drug-likeness (QED) is 0.474. The monoisotopic (exact) mass is 124 g/mol. The third-order valence-corrected chi connectivity index (χ3v) is 2.58. The van der Waals surface area contributed by atoms with Crippen LogP contribution in [-0.2, 0) is 0 Å². The van der Waals surface area contributed by atoms with Gasteiger partial charge in [0.15, 0.2) is 0 Å². The van der Waals surface area contributed by atoms with Crippen molar-refractivity contribution in [3.05, 3.63) is 6.54 Å². The standard InChI is InChI=1S/C8H14N/c1-2-8-3-6-9(5-1)7-4-8/h6,8H,1-5,7H2. The Morgan fingerprint density at radius 1 is 1.22 bits per heavy atom. The fourth-order valence-corrected chi connectivity index (χ4v) is 1.90. The maximum atomic E-state index is 2.49. The molecule has 1 heteroatoms. The predicted molar refractivity (Wildman–Crippen MR) is 37.8 cm³/mol. The van der Waals surface area contributed by atoms with Crippen molar-refractivity contribution in [3.63, 3.8) is 0 Å². The summed E-state index contributed by atoms with van der Waals surface area (Å²) < 4.78 is 0. The van der Waals surface area contributed by atoms with E-state index < -0.39 is 0 Å². The highest BCUT2D eigenvalue weighted by Gasteiger charge is 2.22. The van der Waals surface area contributed by atoms with Crippen LogP contribution in [0.4, 0.5) is 0 Å². The van der Waals surface area contributed by atoms with Gasteiger partial charge < -0.3 is 0 Å². The lowest BCUT2D eigenvalue weighted by Crippen LogP contribution is -2.26. The number of hydrogen-bond donors (Lipinski definition) is 0. The molecule has 0 aromatic carbocycles. The minimum absolute atomic E-state index is 1.05. The van der Waals surface area contributed by atoms with Gasteiger partial charge in [-0.05, 0) is 44.7 Å². The van der Waals surface area contributed by atoms with E-state index >= 15 is 0 Å². The molecule has 3 heterocycles. The first-order valence-corrected chi connectivity index (χ1v) is 4.02. The lowest BCUT2D eigenvalue weighted by atomic mass is 9.96. The zero-order valence-corrected chi connectivity index (χ0v) is 5.84. The Balaban J connectivity index is 2.03. The summed E-state index contributed by atoms with van der Waals surface area (Å²) >= 11 is 0. The van der Waals surface area contributed by atoms with Crippen LogP contribution in [0.5, 0.6) is 0 Å². The van der Waals surface area contributed by atoms with Crippen molar-refractivity contribution in [2.24, 2.45) is 5.92 Å². The van der Waals surface area contributed by atoms with E-state index in [1.54, 1.807) is 0 Å². The van der Waals surface area contributed by atoms with Crippen LogP contribution in [0.15, 0.2) is 0 Å². The molecular weight excluding hydrogens is 110 g/mol. The van der Waals surface area contributed by atoms with E-state index in [1.165, 1.54) is 38.8 Å². The topological polar surface area (TPSA) is 3.24 Å². The number of fused-ring (bicyclic) bond motifs is 4. The summed E-state index contributed by atoms with van der Waals surface area (Å²) in [5, 5.41) is 0. The van der Waals surface area contributed by atoms with Crippen LogP contribution in [0.3, 0.4) is 0 Å². The molecule has 0 N–H and O–H groups in total. The number of piperidine rings is 1. The molecule has 3 rings (SSSR count). The highest BCUT2D eigenvalue weighted by Crippen LogP contribution is 2.28. The van der Waals surface area contributed by atoms with Gasteiger partial charge in [0.25, 0.3) is 0 Å². The maximum Gasteiger partial charge on any atom is 0.0254 e. The summed E-state index contributed by atoms with van der Waals surface area (Å²) in [7, 11) is 0. The van der Waals surface area contributed by atoms with Gasteiger partial charge in [0.05, 0.1) is 0 Å². The summed E-state index contributed by atoms with van der Waals surface area (Å²) in [6.07, 6.45) is 5.73. The van der Waals surface area contributed by atoms with Gasteiger partial charge in [0.1, 0.15) is 0 Å². The van der Waals surface area contributed by atoms with Crippen LogP contribution in [-0.4, -0.2) is 18.0 Å². The van der Waals surface area contributed by atoms with Crippen LogP contribution < -0.4 is 0 Å². The maximum absolute atomic E-state index is 2.49. The molecule has 2 atom stereocenters. The largest absolute Gasteiger partial charge is 0.299 e. The SMILES string of the molecule is [CH]1CC2CCCN1CC2. The smallest absolute Gasteiger partial charge is 0.0254 e. The van der Waals surface area contributed by atoms with Crippen molar-refractivity contribution in [1.82, 2.24) is 4.90 Å². The molecule has 0 saturated carbocycles. The lowest BCUT2D eigenvalue weighted by molar-refractivity contribution is 0.278. The number of hydrogen-bond acceptors (Lipinski definition) is 1. The Kier molecular flexibility index (Phi) is 1.46. The average Bonchev–Trinajstić information content (AvgIpc) is 2.21. The first kappa shape index (κ1) is 5.72. The van der Waals surface area contributed by atoms with Crippen molar-refractivity contribution >= 4 is 0 Å². The molecule has 0 aromatic heterocycles. The van der Waals surface area contributed by atoms with Crippen LogP contribution in [0.25, 0.3) is 0 Å². The Morgan fingerprint density at radius 3 is 3.00 bits per heavy atom. The molecule has 1 radical (unpaired) electrons. The highest BCUT2D eigenvalue weighted by atomic mass is 15.1. The Morgan fingerprint density at radius 2 is 2.22 bits per heavy atom. The van der Waals surface area contributed by atoms with Gasteiger partial charge in [-0.25, -0.2) is 0 Å². The molecule has 3 aliphatic rings. The third kappa shape index (κ3) is 1.11. The van der Waals surface area contributed by atoms with Gasteiger partial charge in [-0.2, -0.15) is 0 Å². The minimum atomic E-state index is 1.05. The highest BCUT2D eigenvalue weighted by molar-refractivity contribution is 4.83. The Bertz CT molecular complexity index is 75.2. The first-order valence-electron chi connectivity index (χ1n) is 4.02. The second-order valence-electron chi connectivity index (χ2n) is 3.25. The molecule has 3 saturated heterocycles. The Labute approximate surface area is 57.0 Å². The van der Waals surface area contributed by atoms with E-state index in [-0.39, 0.29) is 0 Å². The zero-order chi connectivity index (χ0) is 6.10. The van der Waals surface area contributed by atoms with E-state index in [4.69, 9.17) is 0 Å². The van der Waals surface area contributed by atoms with E-state index in [0.717, 1.165) is 5.92 Å². The van der Waals surface area contributed by atoms with Crippen LogP contribution in [0.2, 0.25) is 0 Å². The van der Waals surface area contributed by atoms with Gasteiger partial charge in [-0.3, -0.25) is 4.90 Å². The molecule has 3 fully saturated rings. The van der Waals surface area contributed by atoms with Gasteiger partial charge in [0, 0.05) is 6.54 Å². The number of nitrogens with zero attached hydrogens (tertiary/aromatic N) is 1. The van der Waals surface area contributed by atoms with E-state index in [0.29, 0.717) is 0 Å². The van der Waals surface area contributed by atoms with Gasteiger partial charge >= 0.3 is 0 Å². The van der Waals surface area contributed by atoms with Crippen molar-refractivity contribution < 1.29 is 0 Å². The molecule has 2 bridgehead atoms. The fraction of sp³-hybridized carbons (Fsp3) is 0.875. The van der Waals surface area contributed by atoms with E-state index in [1.807, 2.05) is 0 Å². The predicted octanol–water partition coefficient (Wildman–Crippen LogP) is 1.65. The molecule has 9 heavy (non-hydrogen) atoms. The lowest BCUT2D eigenvalue weighted by Gasteiger charge is -2.25. The molecule has 2 unspecified atom stereocenters. The molecule has 0 aliphatic carbocycles. The number of rotatable bonds is 0. The summed E-state index contributed by atoms with van der Waals surface area (Å²) in [6, 6.07) is 0. The van der Waals surface area contributed by atoms with Crippen molar-refractivity contribution in [2.75, 3.05) is 13.1 Å². The average molecular weight is 124 g/mol. The van der Waals surface area contributed by atoms with E-state index in [2.05, 4.69) is 11.4 Å². The summed E-state index contributed by atoms with van der Waals surface area (Å²) in [4.78, 5) is 2.49. The van der Waals surface area contributed by atoms with Crippen LogP contribution in [0.1, 0.15) is 25.7 Å². The molecule has 1 nitrogen and oxygen atoms in total. The second kappa shape index (κ2) is 2.30. The van der Waals surface area contributed by atoms with Crippen molar-refractivity contribution in [1.29, 1.82) is 0 Å². The molecule has 0 spiro atoms. The molecular formula is C8H14N. The van der Waals surface area contributed by atoms with Crippen molar-refractivity contribution in [2.45, 2.75) is 25.7 Å².